The molecule has 1 N–H and O–H groups in total. The quantitative estimate of drug-likeness (QED) is 0.911. The van der Waals surface area contributed by atoms with Gasteiger partial charge in [-0.05, 0) is 54.0 Å². The summed E-state index contributed by atoms with van der Waals surface area (Å²) < 4.78 is 1.15. The van der Waals surface area contributed by atoms with Crippen molar-refractivity contribution < 1.29 is 0 Å². The molecule has 1 aromatic carbocycles. The van der Waals surface area contributed by atoms with Gasteiger partial charge in [-0.2, -0.15) is 0 Å². The molecule has 94 valence electrons. The zero-order chi connectivity index (χ0) is 11.9. The van der Waals surface area contributed by atoms with Crippen molar-refractivity contribution >= 4 is 21.6 Å². The van der Waals surface area contributed by atoms with Crippen molar-refractivity contribution in [1.82, 2.24) is 4.90 Å². The fourth-order valence-electron chi connectivity index (χ4n) is 2.31. The monoisotopic (exact) mass is 296 g/mol. The first-order chi connectivity index (χ1) is 8.36. The molecule has 2 nitrogen and oxygen atoms in total. The highest BCUT2D eigenvalue weighted by molar-refractivity contribution is 9.10. The van der Waals surface area contributed by atoms with Gasteiger partial charge in [0.05, 0.1) is 0 Å². The molecule has 1 fully saturated rings. The summed E-state index contributed by atoms with van der Waals surface area (Å²) in [6.07, 6.45) is 5.56. The van der Waals surface area contributed by atoms with Crippen LogP contribution in [-0.2, 0) is 0 Å². The summed E-state index contributed by atoms with van der Waals surface area (Å²) in [4.78, 5) is 2.58. The van der Waals surface area contributed by atoms with Gasteiger partial charge in [-0.25, -0.2) is 0 Å². The summed E-state index contributed by atoms with van der Waals surface area (Å²) in [6.45, 7) is 4.74. The number of likely N-dealkylation sites (tertiary alicyclic amines) is 1. The van der Waals surface area contributed by atoms with Crippen molar-refractivity contribution in [2.45, 2.75) is 25.7 Å². The number of nitrogens with zero attached hydrogens (tertiary/aromatic N) is 1. The molecular formula is C14H21BrN2. The lowest BCUT2D eigenvalue weighted by molar-refractivity contribution is 0.296. The van der Waals surface area contributed by atoms with Gasteiger partial charge in [0.25, 0.3) is 0 Å². The average Bonchev–Trinajstić information content (AvgIpc) is 2.60. The molecule has 0 radical (unpaired) electrons. The van der Waals surface area contributed by atoms with Crippen LogP contribution in [0.1, 0.15) is 25.7 Å². The Morgan fingerprint density at radius 3 is 2.47 bits per heavy atom. The minimum Gasteiger partial charge on any atom is -0.383 e. The Kier molecular flexibility index (Phi) is 5.33. The van der Waals surface area contributed by atoms with E-state index in [1.54, 1.807) is 0 Å². The van der Waals surface area contributed by atoms with E-state index in [1.807, 2.05) is 6.07 Å². The Morgan fingerprint density at radius 2 is 1.76 bits per heavy atom. The summed E-state index contributed by atoms with van der Waals surface area (Å²) in [5.41, 5.74) is 1.20. The van der Waals surface area contributed by atoms with Crippen molar-refractivity contribution in [3.63, 3.8) is 0 Å². The van der Waals surface area contributed by atoms with E-state index in [0.29, 0.717) is 0 Å². The summed E-state index contributed by atoms with van der Waals surface area (Å²) in [5, 5.41) is 3.49. The largest absolute Gasteiger partial charge is 0.383 e. The predicted octanol–water partition coefficient (Wildman–Crippen LogP) is 3.74. The second-order valence-electron chi connectivity index (χ2n) is 4.66. The Labute approximate surface area is 113 Å². The first-order valence-electron chi connectivity index (χ1n) is 6.57. The molecule has 0 amide bonds. The summed E-state index contributed by atoms with van der Waals surface area (Å²) >= 11 is 3.56. The lowest BCUT2D eigenvalue weighted by Crippen LogP contribution is -2.30. The first-order valence-corrected chi connectivity index (χ1v) is 7.36. The molecule has 1 aliphatic heterocycles. The maximum Gasteiger partial charge on any atom is 0.0485 e. The van der Waals surface area contributed by atoms with E-state index in [1.165, 1.54) is 44.5 Å². The molecule has 0 aliphatic carbocycles. The highest BCUT2D eigenvalue weighted by atomic mass is 79.9. The zero-order valence-corrected chi connectivity index (χ0v) is 11.9. The lowest BCUT2D eigenvalue weighted by atomic mass is 10.2. The summed E-state index contributed by atoms with van der Waals surface area (Å²) in [6, 6.07) is 8.31. The third-order valence-electron chi connectivity index (χ3n) is 3.32. The van der Waals surface area contributed by atoms with Gasteiger partial charge >= 0.3 is 0 Å². The normalized spacial score (nSPS) is 17.7. The van der Waals surface area contributed by atoms with Crippen LogP contribution >= 0.6 is 15.9 Å². The molecule has 1 saturated heterocycles. The van der Waals surface area contributed by atoms with Crippen molar-refractivity contribution in [3.05, 3.63) is 28.7 Å². The Balaban J connectivity index is 1.73. The van der Waals surface area contributed by atoms with E-state index < -0.39 is 0 Å². The van der Waals surface area contributed by atoms with Gasteiger partial charge in [-0.15, -0.1) is 0 Å². The molecule has 0 atom stereocenters. The van der Waals surface area contributed by atoms with Gasteiger partial charge in [-0.3, -0.25) is 0 Å². The fourth-order valence-corrected chi connectivity index (χ4v) is 2.74. The molecule has 0 bridgehead atoms. The molecule has 0 aromatic heterocycles. The van der Waals surface area contributed by atoms with Crippen LogP contribution in [0, 0.1) is 0 Å². The molecule has 1 heterocycles. The molecule has 0 saturated carbocycles. The molecule has 0 spiro atoms. The molecular weight excluding hydrogens is 276 g/mol. The number of hydrogen-bond donors (Lipinski definition) is 1. The minimum atomic E-state index is 1.03. The molecule has 1 aromatic rings. The molecule has 1 aliphatic rings. The Hall–Kier alpha value is -0.540. The van der Waals surface area contributed by atoms with E-state index in [2.05, 4.69) is 44.3 Å². The van der Waals surface area contributed by atoms with E-state index >= 15 is 0 Å². The van der Waals surface area contributed by atoms with E-state index in [4.69, 9.17) is 0 Å². The zero-order valence-electron chi connectivity index (χ0n) is 10.3. The summed E-state index contributed by atoms with van der Waals surface area (Å²) in [5.74, 6) is 0. The van der Waals surface area contributed by atoms with Crippen LogP contribution in [0.3, 0.4) is 0 Å². The topological polar surface area (TPSA) is 15.3 Å². The highest BCUT2D eigenvalue weighted by Crippen LogP contribution is 2.20. The number of halogens is 1. The van der Waals surface area contributed by atoms with Gasteiger partial charge in [0.1, 0.15) is 0 Å². The number of hydrogen-bond acceptors (Lipinski definition) is 2. The Morgan fingerprint density at radius 1 is 1.06 bits per heavy atom. The predicted molar refractivity (Wildman–Crippen MR) is 77.5 cm³/mol. The van der Waals surface area contributed by atoms with Gasteiger partial charge in [0, 0.05) is 23.2 Å². The van der Waals surface area contributed by atoms with Crippen LogP contribution < -0.4 is 5.32 Å². The van der Waals surface area contributed by atoms with E-state index in [9.17, 15) is 0 Å². The van der Waals surface area contributed by atoms with Gasteiger partial charge in [-0.1, -0.05) is 25.0 Å². The van der Waals surface area contributed by atoms with Crippen LogP contribution in [0.2, 0.25) is 0 Å². The van der Waals surface area contributed by atoms with Crippen LogP contribution in [0.15, 0.2) is 28.7 Å². The van der Waals surface area contributed by atoms with E-state index in [0.717, 1.165) is 17.6 Å². The second-order valence-corrected chi connectivity index (χ2v) is 5.52. The van der Waals surface area contributed by atoms with Crippen LogP contribution in [0.25, 0.3) is 0 Å². The number of rotatable bonds is 4. The van der Waals surface area contributed by atoms with Crippen molar-refractivity contribution in [2.75, 3.05) is 31.5 Å². The van der Waals surface area contributed by atoms with Gasteiger partial charge < -0.3 is 10.2 Å². The summed E-state index contributed by atoms with van der Waals surface area (Å²) in [7, 11) is 0. The number of benzene rings is 1. The third-order valence-corrected chi connectivity index (χ3v) is 4.01. The first kappa shape index (κ1) is 12.9. The highest BCUT2D eigenvalue weighted by Gasteiger charge is 2.08. The number of anilines is 1. The second kappa shape index (κ2) is 7.02. The number of nitrogens with one attached hydrogen (secondary N) is 1. The molecule has 0 unspecified atom stereocenters. The number of para-hydroxylation sites is 1. The SMILES string of the molecule is Brc1ccccc1NCCN1CCCCCC1. The standard InChI is InChI=1S/C14H21BrN2/c15-13-7-3-4-8-14(13)16-9-12-17-10-5-1-2-6-11-17/h3-4,7-8,16H,1-2,5-6,9-12H2. The van der Waals surface area contributed by atoms with Crippen molar-refractivity contribution in [1.29, 1.82) is 0 Å². The van der Waals surface area contributed by atoms with Crippen molar-refractivity contribution in [3.8, 4) is 0 Å². The lowest BCUT2D eigenvalue weighted by Gasteiger charge is -2.20. The van der Waals surface area contributed by atoms with Crippen molar-refractivity contribution in [2.24, 2.45) is 0 Å². The molecule has 2 rings (SSSR count). The maximum absolute atomic E-state index is 3.56. The van der Waals surface area contributed by atoms with Crippen LogP contribution in [-0.4, -0.2) is 31.1 Å². The fraction of sp³-hybridized carbons (Fsp3) is 0.571. The molecule has 17 heavy (non-hydrogen) atoms. The van der Waals surface area contributed by atoms with Gasteiger partial charge in [0.2, 0.25) is 0 Å². The minimum absolute atomic E-state index is 1.03. The Bertz CT molecular complexity index is 333. The smallest absolute Gasteiger partial charge is 0.0485 e. The average molecular weight is 297 g/mol. The van der Waals surface area contributed by atoms with E-state index in [-0.39, 0.29) is 0 Å². The maximum atomic E-state index is 3.56. The van der Waals surface area contributed by atoms with Crippen LogP contribution in [0.5, 0.6) is 0 Å². The van der Waals surface area contributed by atoms with Gasteiger partial charge in [0.15, 0.2) is 0 Å². The van der Waals surface area contributed by atoms with Crippen LogP contribution in [0.4, 0.5) is 5.69 Å². The molecule has 3 heteroatoms. The third kappa shape index (κ3) is 4.32.